The molecule has 0 unspecified atom stereocenters. The molecule has 0 saturated carbocycles. The lowest BCUT2D eigenvalue weighted by molar-refractivity contribution is 0.100. The molecule has 2 N–H and O–H groups in total. The molecule has 0 radical (unpaired) electrons. The minimum absolute atomic E-state index is 0.430. The summed E-state index contributed by atoms with van der Waals surface area (Å²) in [6.45, 7) is 2.12. The number of hydrogen-bond donors (Lipinski definition) is 1. The molecule has 1 heterocycles. The van der Waals surface area contributed by atoms with Gasteiger partial charge in [-0.1, -0.05) is 25.5 Å². The van der Waals surface area contributed by atoms with Crippen molar-refractivity contribution in [2.24, 2.45) is 5.73 Å². The van der Waals surface area contributed by atoms with Crippen molar-refractivity contribution in [2.75, 3.05) is 0 Å². The van der Waals surface area contributed by atoms with E-state index in [-0.39, 0.29) is 0 Å². The summed E-state index contributed by atoms with van der Waals surface area (Å²) < 4.78 is 0. The third-order valence-electron chi connectivity index (χ3n) is 2.67. The summed E-state index contributed by atoms with van der Waals surface area (Å²) in [5.74, 6) is 0.228. The van der Waals surface area contributed by atoms with Crippen molar-refractivity contribution in [1.29, 1.82) is 0 Å². The number of aromatic nitrogens is 2. The van der Waals surface area contributed by atoms with Gasteiger partial charge in [0.05, 0.1) is 0 Å². The summed E-state index contributed by atoms with van der Waals surface area (Å²) in [6.07, 6.45) is 5.75. The van der Waals surface area contributed by atoms with Gasteiger partial charge in [0, 0.05) is 23.5 Å². The number of nitrogens with two attached hydrogens (primary N) is 1. The number of nitrogens with zero attached hydrogens (tertiary/aromatic N) is 2. The maximum Gasteiger partial charge on any atom is 0.248 e. The summed E-state index contributed by atoms with van der Waals surface area (Å²) in [5, 5.41) is 0. The Kier molecular flexibility index (Phi) is 3.67. The second-order valence-electron chi connectivity index (χ2n) is 4.11. The van der Waals surface area contributed by atoms with Crippen LogP contribution in [0.15, 0.2) is 36.7 Å². The molecule has 0 spiro atoms. The van der Waals surface area contributed by atoms with E-state index in [4.69, 9.17) is 5.73 Å². The van der Waals surface area contributed by atoms with E-state index in [1.165, 1.54) is 0 Å². The van der Waals surface area contributed by atoms with Gasteiger partial charge in [0.2, 0.25) is 5.91 Å². The second-order valence-corrected chi connectivity index (χ2v) is 4.11. The van der Waals surface area contributed by atoms with Gasteiger partial charge in [-0.05, 0) is 24.1 Å². The van der Waals surface area contributed by atoms with Crippen LogP contribution in [0.1, 0.15) is 29.3 Å². The van der Waals surface area contributed by atoms with Crippen molar-refractivity contribution >= 4 is 5.91 Å². The lowest BCUT2D eigenvalue weighted by Crippen LogP contribution is -2.10. The highest BCUT2D eigenvalue weighted by Crippen LogP contribution is 2.15. The van der Waals surface area contributed by atoms with Gasteiger partial charge in [0.15, 0.2) is 5.82 Å². The van der Waals surface area contributed by atoms with Crippen LogP contribution in [-0.4, -0.2) is 15.9 Å². The third kappa shape index (κ3) is 2.71. The standard InChI is InChI=1S/C14H15N3O/c1-2-3-10-8-16-14(17-9-10)12-6-4-11(5-7-12)13(15)18/h4-9H,2-3H2,1H3,(H2,15,18). The zero-order valence-corrected chi connectivity index (χ0v) is 10.3. The molecule has 1 amide bonds. The highest BCUT2D eigenvalue weighted by atomic mass is 16.1. The smallest absolute Gasteiger partial charge is 0.248 e. The first-order chi connectivity index (χ1) is 8.70. The van der Waals surface area contributed by atoms with Crippen LogP contribution in [-0.2, 0) is 6.42 Å². The van der Waals surface area contributed by atoms with Gasteiger partial charge in [-0.2, -0.15) is 0 Å². The normalized spacial score (nSPS) is 10.3. The molecular weight excluding hydrogens is 226 g/mol. The average molecular weight is 241 g/mol. The summed E-state index contributed by atoms with van der Waals surface area (Å²) >= 11 is 0. The predicted octanol–water partition coefficient (Wildman–Crippen LogP) is 2.20. The van der Waals surface area contributed by atoms with Crippen LogP contribution in [0.4, 0.5) is 0 Å². The van der Waals surface area contributed by atoms with Crippen LogP contribution in [0.3, 0.4) is 0 Å². The Morgan fingerprint density at radius 1 is 1.17 bits per heavy atom. The molecule has 18 heavy (non-hydrogen) atoms. The molecule has 0 atom stereocenters. The Balaban J connectivity index is 2.23. The maximum absolute atomic E-state index is 11.0. The summed E-state index contributed by atoms with van der Waals surface area (Å²) in [6, 6.07) is 6.96. The fourth-order valence-corrected chi connectivity index (χ4v) is 1.71. The predicted molar refractivity (Wildman–Crippen MR) is 70.0 cm³/mol. The van der Waals surface area contributed by atoms with Gasteiger partial charge in [-0.25, -0.2) is 9.97 Å². The zero-order valence-electron chi connectivity index (χ0n) is 10.3. The number of carbonyl (C=O) groups is 1. The number of rotatable bonds is 4. The summed E-state index contributed by atoms with van der Waals surface area (Å²) in [4.78, 5) is 19.6. The number of primary amides is 1. The summed E-state index contributed by atoms with van der Waals surface area (Å²) in [7, 11) is 0. The second kappa shape index (κ2) is 5.40. The Morgan fingerprint density at radius 2 is 1.78 bits per heavy atom. The van der Waals surface area contributed by atoms with Gasteiger partial charge in [0.1, 0.15) is 0 Å². The van der Waals surface area contributed by atoms with Crippen LogP contribution in [0, 0.1) is 0 Å². The van der Waals surface area contributed by atoms with Crippen molar-refractivity contribution < 1.29 is 4.79 Å². The fourth-order valence-electron chi connectivity index (χ4n) is 1.71. The molecule has 92 valence electrons. The minimum Gasteiger partial charge on any atom is -0.366 e. The van der Waals surface area contributed by atoms with Crippen LogP contribution in [0.5, 0.6) is 0 Å². The lowest BCUT2D eigenvalue weighted by atomic mass is 10.1. The van der Waals surface area contributed by atoms with E-state index in [2.05, 4.69) is 16.9 Å². The van der Waals surface area contributed by atoms with Gasteiger partial charge < -0.3 is 5.73 Å². The molecule has 0 saturated heterocycles. The first kappa shape index (κ1) is 12.2. The van der Waals surface area contributed by atoms with Gasteiger partial charge in [-0.15, -0.1) is 0 Å². The zero-order chi connectivity index (χ0) is 13.0. The maximum atomic E-state index is 11.0. The van der Waals surface area contributed by atoms with Crippen LogP contribution < -0.4 is 5.73 Å². The highest BCUT2D eigenvalue weighted by Gasteiger charge is 2.03. The number of hydrogen-bond acceptors (Lipinski definition) is 3. The highest BCUT2D eigenvalue weighted by molar-refractivity contribution is 5.93. The van der Waals surface area contributed by atoms with Crippen LogP contribution >= 0.6 is 0 Å². The molecule has 0 aliphatic carbocycles. The van der Waals surface area contributed by atoms with E-state index in [0.717, 1.165) is 24.0 Å². The van der Waals surface area contributed by atoms with Gasteiger partial charge in [0.25, 0.3) is 0 Å². The third-order valence-corrected chi connectivity index (χ3v) is 2.67. The largest absolute Gasteiger partial charge is 0.366 e. The molecule has 2 rings (SSSR count). The monoisotopic (exact) mass is 241 g/mol. The number of amides is 1. The molecule has 1 aromatic heterocycles. The first-order valence-electron chi connectivity index (χ1n) is 5.92. The first-order valence-corrected chi connectivity index (χ1v) is 5.92. The lowest BCUT2D eigenvalue weighted by Gasteiger charge is -2.02. The molecule has 0 aliphatic heterocycles. The Morgan fingerprint density at radius 3 is 2.28 bits per heavy atom. The summed E-state index contributed by atoms with van der Waals surface area (Å²) in [5.41, 5.74) is 7.68. The molecule has 0 fully saturated rings. The minimum atomic E-state index is -0.430. The van der Waals surface area contributed by atoms with Gasteiger partial charge >= 0.3 is 0 Å². The quantitative estimate of drug-likeness (QED) is 0.892. The van der Waals surface area contributed by atoms with E-state index in [9.17, 15) is 4.79 Å². The van der Waals surface area contributed by atoms with Crippen molar-refractivity contribution in [3.63, 3.8) is 0 Å². The van der Waals surface area contributed by atoms with Crippen molar-refractivity contribution in [3.8, 4) is 11.4 Å². The molecule has 1 aromatic carbocycles. The Bertz CT molecular complexity index is 532. The molecule has 2 aromatic rings. The van der Waals surface area contributed by atoms with Crippen molar-refractivity contribution in [1.82, 2.24) is 9.97 Å². The number of aryl methyl sites for hydroxylation is 1. The van der Waals surface area contributed by atoms with Crippen molar-refractivity contribution in [2.45, 2.75) is 19.8 Å². The molecule has 4 heteroatoms. The van der Waals surface area contributed by atoms with E-state index >= 15 is 0 Å². The number of carbonyl (C=O) groups excluding carboxylic acids is 1. The van der Waals surface area contributed by atoms with Crippen molar-refractivity contribution in [3.05, 3.63) is 47.8 Å². The van der Waals surface area contributed by atoms with E-state index < -0.39 is 5.91 Å². The molecule has 0 aliphatic rings. The topological polar surface area (TPSA) is 68.9 Å². The molecule has 4 nitrogen and oxygen atoms in total. The Labute approximate surface area is 106 Å². The molecule has 0 bridgehead atoms. The van der Waals surface area contributed by atoms with E-state index in [1.54, 1.807) is 24.3 Å². The SMILES string of the molecule is CCCc1cnc(-c2ccc(C(N)=O)cc2)nc1. The van der Waals surface area contributed by atoms with Crippen LogP contribution in [0.25, 0.3) is 11.4 Å². The Hall–Kier alpha value is -2.23. The molecular formula is C14H15N3O. The average Bonchev–Trinajstić information content (AvgIpc) is 2.40. The van der Waals surface area contributed by atoms with E-state index in [0.29, 0.717) is 11.4 Å². The van der Waals surface area contributed by atoms with Crippen LogP contribution in [0.2, 0.25) is 0 Å². The van der Waals surface area contributed by atoms with E-state index in [1.807, 2.05) is 12.4 Å². The van der Waals surface area contributed by atoms with Gasteiger partial charge in [-0.3, -0.25) is 4.79 Å². The number of benzene rings is 1. The fraction of sp³-hybridized carbons (Fsp3) is 0.214.